The molecule has 1 aliphatic heterocycles. The molecule has 2 heterocycles. The first-order valence-electron chi connectivity index (χ1n) is 11.1. The molecule has 1 saturated heterocycles. The van der Waals surface area contributed by atoms with Crippen LogP contribution in [0.1, 0.15) is 21.7 Å². The lowest BCUT2D eigenvalue weighted by molar-refractivity contribution is 0.0342. The van der Waals surface area contributed by atoms with Crippen LogP contribution in [-0.2, 0) is 17.9 Å². The lowest BCUT2D eigenvalue weighted by atomic mass is 10.1. The Labute approximate surface area is 192 Å². The summed E-state index contributed by atoms with van der Waals surface area (Å²) in [5.74, 6) is 0.716. The minimum atomic E-state index is -0.293. The zero-order chi connectivity index (χ0) is 22.5. The predicted octanol–water partition coefficient (Wildman–Crippen LogP) is 5.10. The Hall–Kier alpha value is -3.61. The summed E-state index contributed by atoms with van der Waals surface area (Å²) in [6.07, 6.45) is 0. The van der Waals surface area contributed by atoms with Gasteiger partial charge in [-0.1, -0.05) is 48.5 Å². The van der Waals surface area contributed by atoms with Crippen molar-refractivity contribution in [1.29, 1.82) is 0 Å². The number of carbonyl (C=O) groups is 1. The van der Waals surface area contributed by atoms with Crippen LogP contribution in [-0.4, -0.2) is 37.1 Å². The van der Waals surface area contributed by atoms with E-state index in [1.54, 1.807) is 0 Å². The van der Waals surface area contributed by atoms with Crippen LogP contribution in [0.5, 0.6) is 5.75 Å². The Balaban J connectivity index is 1.31. The largest absolute Gasteiger partial charge is 0.489 e. The van der Waals surface area contributed by atoms with Crippen molar-refractivity contribution in [3.05, 3.63) is 95.7 Å². The van der Waals surface area contributed by atoms with E-state index in [1.165, 1.54) is 5.56 Å². The lowest BCUT2D eigenvalue weighted by Crippen LogP contribution is -2.35. The van der Waals surface area contributed by atoms with Gasteiger partial charge in [0, 0.05) is 36.3 Å². The van der Waals surface area contributed by atoms with Crippen LogP contribution in [0.4, 0.5) is 5.69 Å². The highest BCUT2D eigenvalue weighted by Gasteiger charge is 2.21. The highest BCUT2D eigenvalue weighted by Crippen LogP contribution is 2.28. The summed E-state index contributed by atoms with van der Waals surface area (Å²) in [7, 11) is 0. The van der Waals surface area contributed by atoms with Gasteiger partial charge in [-0.05, 0) is 35.9 Å². The fraction of sp³-hybridized carbons (Fsp3) is 0.222. The lowest BCUT2D eigenvalue weighted by Gasteiger charge is -2.26. The number of anilines is 1. The minimum Gasteiger partial charge on any atom is -0.489 e. The number of para-hydroxylation sites is 2. The van der Waals surface area contributed by atoms with E-state index in [4.69, 9.17) is 13.9 Å². The number of morpholine rings is 1. The summed E-state index contributed by atoms with van der Waals surface area (Å²) in [5, 5.41) is 3.84. The molecule has 0 spiro atoms. The molecule has 0 atom stereocenters. The molecule has 1 aliphatic rings. The van der Waals surface area contributed by atoms with Crippen molar-refractivity contribution < 1.29 is 18.7 Å². The molecule has 6 heteroatoms. The van der Waals surface area contributed by atoms with Gasteiger partial charge in [0.1, 0.15) is 17.9 Å². The van der Waals surface area contributed by atoms with Gasteiger partial charge >= 0.3 is 0 Å². The maximum Gasteiger partial charge on any atom is 0.291 e. The number of nitrogens with one attached hydrogen (secondary N) is 1. The first-order valence-corrected chi connectivity index (χ1v) is 11.1. The third-order valence-electron chi connectivity index (χ3n) is 5.75. The van der Waals surface area contributed by atoms with Crippen LogP contribution in [0.3, 0.4) is 0 Å². The van der Waals surface area contributed by atoms with Crippen molar-refractivity contribution in [2.45, 2.75) is 13.2 Å². The van der Waals surface area contributed by atoms with Crippen molar-refractivity contribution >= 4 is 22.6 Å². The summed E-state index contributed by atoms with van der Waals surface area (Å²) in [6, 6.07) is 25.1. The van der Waals surface area contributed by atoms with Gasteiger partial charge in [0.15, 0.2) is 5.76 Å². The van der Waals surface area contributed by atoms with E-state index in [2.05, 4.69) is 10.2 Å². The van der Waals surface area contributed by atoms with Crippen molar-refractivity contribution in [2.24, 2.45) is 0 Å². The molecule has 1 fully saturated rings. The van der Waals surface area contributed by atoms with Gasteiger partial charge in [0.05, 0.1) is 13.2 Å². The first-order chi connectivity index (χ1) is 16.3. The highest BCUT2D eigenvalue weighted by atomic mass is 16.5. The van der Waals surface area contributed by atoms with Crippen LogP contribution >= 0.6 is 0 Å². The molecule has 1 N–H and O–H groups in total. The number of nitrogens with zero attached hydrogens (tertiary/aromatic N) is 1. The second-order valence-electron chi connectivity index (χ2n) is 8.05. The van der Waals surface area contributed by atoms with Crippen LogP contribution in [0.15, 0.2) is 83.3 Å². The van der Waals surface area contributed by atoms with E-state index < -0.39 is 0 Å². The summed E-state index contributed by atoms with van der Waals surface area (Å²) in [4.78, 5) is 15.5. The van der Waals surface area contributed by atoms with Crippen molar-refractivity contribution in [3.8, 4) is 5.75 Å². The molecule has 3 aromatic carbocycles. The Bertz CT molecular complexity index is 1210. The summed E-state index contributed by atoms with van der Waals surface area (Å²) in [6.45, 7) is 4.56. The summed E-state index contributed by atoms with van der Waals surface area (Å²) >= 11 is 0. The van der Waals surface area contributed by atoms with Gasteiger partial charge in [0.2, 0.25) is 0 Å². The van der Waals surface area contributed by atoms with Gasteiger partial charge in [0.25, 0.3) is 5.91 Å². The minimum absolute atomic E-state index is 0.238. The average molecular weight is 443 g/mol. The number of amides is 1. The van der Waals surface area contributed by atoms with E-state index in [0.717, 1.165) is 55.2 Å². The first kappa shape index (κ1) is 21.2. The third kappa shape index (κ3) is 5.08. The van der Waals surface area contributed by atoms with E-state index >= 15 is 0 Å². The maximum atomic E-state index is 13.1. The van der Waals surface area contributed by atoms with Gasteiger partial charge in [-0.2, -0.15) is 0 Å². The van der Waals surface area contributed by atoms with E-state index in [-0.39, 0.29) is 18.3 Å². The van der Waals surface area contributed by atoms with Gasteiger partial charge in [-0.3, -0.25) is 9.69 Å². The summed E-state index contributed by atoms with van der Waals surface area (Å²) in [5.41, 5.74) is 3.32. The normalized spacial score (nSPS) is 14.3. The smallest absolute Gasteiger partial charge is 0.291 e. The number of hydrogen-bond donors (Lipinski definition) is 1. The Morgan fingerprint density at radius 3 is 2.42 bits per heavy atom. The van der Waals surface area contributed by atoms with Crippen LogP contribution in [0.2, 0.25) is 0 Å². The van der Waals surface area contributed by atoms with Gasteiger partial charge in [-0.25, -0.2) is 0 Å². The third-order valence-corrected chi connectivity index (χ3v) is 5.75. The van der Waals surface area contributed by atoms with Crippen LogP contribution in [0, 0.1) is 0 Å². The topological polar surface area (TPSA) is 63.9 Å². The molecule has 5 rings (SSSR count). The average Bonchev–Trinajstić information content (AvgIpc) is 3.24. The van der Waals surface area contributed by atoms with Crippen LogP contribution < -0.4 is 10.1 Å². The Morgan fingerprint density at radius 2 is 1.64 bits per heavy atom. The number of ether oxygens (including phenoxy) is 2. The van der Waals surface area contributed by atoms with E-state index in [1.807, 2.05) is 78.9 Å². The summed E-state index contributed by atoms with van der Waals surface area (Å²) < 4.78 is 17.3. The second kappa shape index (κ2) is 9.90. The molecule has 0 bridgehead atoms. The number of fused-ring (bicyclic) bond motifs is 1. The molecular formula is C27H26N2O4. The van der Waals surface area contributed by atoms with Gasteiger partial charge < -0.3 is 19.2 Å². The molecule has 33 heavy (non-hydrogen) atoms. The molecule has 1 amide bonds. The number of benzene rings is 3. The molecule has 0 unspecified atom stereocenters. The molecule has 4 aromatic rings. The number of rotatable bonds is 7. The number of hydrogen-bond acceptors (Lipinski definition) is 5. The zero-order valence-corrected chi connectivity index (χ0v) is 18.3. The molecule has 6 nitrogen and oxygen atoms in total. The highest BCUT2D eigenvalue weighted by molar-refractivity contribution is 6.06. The quantitative estimate of drug-likeness (QED) is 0.432. The SMILES string of the molecule is O=C(Nc1ccc(CN2CCOCC2)cc1)c1oc2ccccc2c1COc1ccccc1. The molecule has 168 valence electrons. The standard InChI is InChI=1S/C27H26N2O4/c30-27(28-21-12-10-20(11-13-21)18-29-14-16-31-17-15-29)26-24(19-32-22-6-2-1-3-7-22)23-8-4-5-9-25(23)33-26/h1-13H,14-19H2,(H,28,30). The number of carbonyl (C=O) groups excluding carboxylic acids is 1. The Morgan fingerprint density at radius 1 is 0.909 bits per heavy atom. The molecule has 0 saturated carbocycles. The second-order valence-corrected chi connectivity index (χ2v) is 8.05. The Kier molecular flexibility index (Phi) is 6.37. The van der Waals surface area contributed by atoms with Crippen molar-refractivity contribution in [3.63, 3.8) is 0 Å². The van der Waals surface area contributed by atoms with Gasteiger partial charge in [-0.15, -0.1) is 0 Å². The van der Waals surface area contributed by atoms with Crippen molar-refractivity contribution in [2.75, 3.05) is 31.6 Å². The molecular weight excluding hydrogens is 416 g/mol. The van der Waals surface area contributed by atoms with Crippen LogP contribution in [0.25, 0.3) is 11.0 Å². The van der Waals surface area contributed by atoms with E-state index in [0.29, 0.717) is 5.58 Å². The molecule has 0 radical (unpaired) electrons. The fourth-order valence-corrected chi connectivity index (χ4v) is 4.00. The molecule has 0 aliphatic carbocycles. The predicted molar refractivity (Wildman–Crippen MR) is 127 cm³/mol. The maximum absolute atomic E-state index is 13.1. The zero-order valence-electron chi connectivity index (χ0n) is 18.3. The van der Waals surface area contributed by atoms with E-state index in [9.17, 15) is 4.79 Å². The van der Waals surface area contributed by atoms with Crippen molar-refractivity contribution in [1.82, 2.24) is 4.90 Å². The number of furan rings is 1. The monoisotopic (exact) mass is 442 g/mol. The molecule has 1 aromatic heterocycles. The fourth-order valence-electron chi connectivity index (χ4n) is 4.00.